The number of carbonyl (C=O) groups excluding carboxylic acids is 1. The van der Waals surface area contributed by atoms with Crippen LogP contribution >= 0.6 is 43.5 Å². The van der Waals surface area contributed by atoms with Gasteiger partial charge in [-0.05, 0) is 56.1 Å². The SMILES string of the molecule is O=C(Nc1cccnc1Cl)c1nn2c(c1Br)N[C@H](c1ccc(Br)o1)C[C@@H]2C(F)(F)F. The summed E-state index contributed by atoms with van der Waals surface area (Å²) in [6.45, 7) is 0. The summed E-state index contributed by atoms with van der Waals surface area (Å²) >= 11 is 12.3. The molecule has 1 aliphatic rings. The van der Waals surface area contributed by atoms with Gasteiger partial charge in [0.05, 0.1) is 16.2 Å². The van der Waals surface area contributed by atoms with Gasteiger partial charge in [0.2, 0.25) is 0 Å². The number of aromatic nitrogens is 3. The maximum atomic E-state index is 13.8. The molecule has 0 unspecified atom stereocenters. The van der Waals surface area contributed by atoms with Crippen LogP contribution in [0.15, 0.2) is 44.0 Å². The molecule has 3 aromatic rings. The Hall–Kier alpha value is -2.05. The number of alkyl halides is 3. The molecule has 1 aliphatic heterocycles. The van der Waals surface area contributed by atoms with Crippen molar-refractivity contribution in [1.82, 2.24) is 14.8 Å². The first kappa shape index (κ1) is 21.2. The summed E-state index contributed by atoms with van der Waals surface area (Å²) in [4.78, 5) is 16.5. The Morgan fingerprint density at radius 1 is 1.33 bits per heavy atom. The zero-order chi connectivity index (χ0) is 21.6. The van der Waals surface area contributed by atoms with Gasteiger partial charge in [-0.2, -0.15) is 18.3 Å². The third kappa shape index (κ3) is 3.95. The van der Waals surface area contributed by atoms with Crippen LogP contribution in [0.25, 0.3) is 0 Å². The summed E-state index contributed by atoms with van der Waals surface area (Å²) in [7, 11) is 0. The number of anilines is 2. The van der Waals surface area contributed by atoms with E-state index in [1.54, 1.807) is 18.2 Å². The predicted octanol–water partition coefficient (Wildman–Crippen LogP) is 5.96. The Labute approximate surface area is 189 Å². The Morgan fingerprint density at radius 2 is 2.10 bits per heavy atom. The van der Waals surface area contributed by atoms with E-state index in [0.29, 0.717) is 10.4 Å². The van der Waals surface area contributed by atoms with E-state index >= 15 is 0 Å². The average Bonchev–Trinajstić information content (AvgIpc) is 3.26. The fourth-order valence-electron chi connectivity index (χ4n) is 3.10. The lowest BCUT2D eigenvalue weighted by atomic mass is 10.0. The van der Waals surface area contributed by atoms with E-state index in [9.17, 15) is 18.0 Å². The Kier molecular flexibility index (Phi) is 5.58. The van der Waals surface area contributed by atoms with Crippen molar-refractivity contribution in [1.29, 1.82) is 0 Å². The standard InChI is InChI=1S/C17H11Br2ClF3N5O2/c18-11-4-3-9(30-11)8-6-10(17(21,22)23)28-15(25-8)12(19)13(27-28)16(29)26-7-2-1-5-24-14(7)20/h1-5,8,10,25H,6H2,(H,26,29)/t8-,10+/m0/s1. The van der Waals surface area contributed by atoms with Crippen LogP contribution in [0.2, 0.25) is 5.15 Å². The second-order valence-corrected chi connectivity index (χ2v) is 8.32. The molecule has 7 nitrogen and oxygen atoms in total. The van der Waals surface area contributed by atoms with E-state index in [1.165, 1.54) is 12.3 Å². The molecule has 158 valence electrons. The number of hydrogen-bond donors (Lipinski definition) is 2. The van der Waals surface area contributed by atoms with Crippen molar-refractivity contribution >= 4 is 60.9 Å². The summed E-state index contributed by atoms with van der Waals surface area (Å²) < 4.78 is 48.0. The number of amides is 1. The molecule has 2 N–H and O–H groups in total. The third-order valence-electron chi connectivity index (χ3n) is 4.46. The van der Waals surface area contributed by atoms with Gasteiger partial charge in [0.15, 0.2) is 21.6 Å². The first-order chi connectivity index (χ1) is 14.1. The molecule has 1 amide bonds. The zero-order valence-electron chi connectivity index (χ0n) is 14.7. The van der Waals surface area contributed by atoms with Crippen molar-refractivity contribution in [2.45, 2.75) is 24.7 Å². The summed E-state index contributed by atoms with van der Waals surface area (Å²) in [5, 5.41) is 9.44. The topological polar surface area (TPSA) is 85.0 Å². The maximum Gasteiger partial charge on any atom is 0.410 e. The van der Waals surface area contributed by atoms with E-state index in [-0.39, 0.29) is 33.2 Å². The molecule has 0 aromatic carbocycles. The Bertz CT molecular complexity index is 1120. The van der Waals surface area contributed by atoms with E-state index in [1.807, 2.05) is 0 Å². The second kappa shape index (κ2) is 7.89. The van der Waals surface area contributed by atoms with Crippen LogP contribution in [0.5, 0.6) is 0 Å². The van der Waals surface area contributed by atoms with Gasteiger partial charge in [-0.1, -0.05) is 11.6 Å². The number of fused-ring (bicyclic) bond motifs is 1. The number of nitrogens with one attached hydrogen (secondary N) is 2. The lowest BCUT2D eigenvalue weighted by Crippen LogP contribution is -2.35. The molecule has 0 saturated heterocycles. The van der Waals surface area contributed by atoms with Gasteiger partial charge in [0, 0.05) is 12.6 Å². The van der Waals surface area contributed by atoms with Gasteiger partial charge in [0.25, 0.3) is 5.91 Å². The number of carbonyl (C=O) groups is 1. The largest absolute Gasteiger partial charge is 0.452 e. The Morgan fingerprint density at radius 3 is 2.73 bits per heavy atom. The number of hydrogen-bond acceptors (Lipinski definition) is 5. The van der Waals surface area contributed by atoms with Gasteiger partial charge >= 0.3 is 6.18 Å². The molecule has 30 heavy (non-hydrogen) atoms. The lowest BCUT2D eigenvalue weighted by molar-refractivity contribution is -0.174. The van der Waals surface area contributed by atoms with Crippen molar-refractivity contribution < 1.29 is 22.4 Å². The normalized spacial score (nSPS) is 18.6. The molecule has 2 atom stereocenters. The first-order valence-corrected chi connectivity index (χ1v) is 10.4. The van der Waals surface area contributed by atoms with Crippen molar-refractivity contribution in [3.05, 3.63) is 56.2 Å². The quantitative estimate of drug-likeness (QED) is 0.380. The van der Waals surface area contributed by atoms with Crippen molar-refractivity contribution in [2.24, 2.45) is 0 Å². The minimum Gasteiger partial charge on any atom is -0.452 e. The minimum absolute atomic E-state index is 0.0172. The highest BCUT2D eigenvalue weighted by Gasteiger charge is 2.48. The van der Waals surface area contributed by atoms with Crippen LogP contribution < -0.4 is 10.6 Å². The number of furan rings is 1. The number of halogens is 6. The molecular formula is C17H11Br2ClF3N5O2. The van der Waals surface area contributed by atoms with Crippen LogP contribution in [0, 0.1) is 0 Å². The van der Waals surface area contributed by atoms with E-state index in [4.69, 9.17) is 16.0 Å². The monoisotopic (exact) mass is 567 g/mol. The molecule has 4 heterocycles. The molecular weight excluding hydrogens is 558 g/mol. The highest BCUT2D eigenvalue weighted by molar-refractivity contribution is 9.10. The van der Waals surface area contributed by atoms with Crippen molar-refractivity contribution in [3.8, 4) is 0 Å². The van der Waals surface area contributed by atoms with E-state index < -0.39 is 24.2 Å². The molecule has 0 radical (unpaired) electrons. The lowest BCUT2D eigenvalue weighted by Gasteiger charge is -2.32. The van der Waals surface area contributed by atoms with E-state index in [0.717, 1.165) is 4.68 Å². The van der Waals surface area contributed by atoms with E-state index in [2.05, 4.69) is 52.6 Å². The van der Waals surface area contributed by atoms with Crippen molar-refractivity contribution in [3.63, 3.8) is 0 Å². The molecule has 0 bridgehead atoms. The van der Waals surface area contributed by atoms with Gasteiger partial charge in [-0.25, -0.2) is 9.67 Å². The second-order valence-electron chi connectivity index (χ2n) is 6.38. The van der Waals surface area contributed by atoms with Crippen LogP contribution in [-0.2, 0) is 0 Å². The fraction of sp³-hybridized carbons (Fsp3) is 0.235. The van der Waals surface area contributed by atoms with Crippen LogP contribution in [0.4, 0.5) is 24.7 Å². The predicted molar refractivity (Wildman–Crippen MR) is 110 cm³/mol. The highest BCUT2D eigenvalue weighted by Crippen LogP contribution is 2.46. The van der Waals surface area contributed by atoms with Crippen LogP contribution in [0.3, 0.4) is 0 Å². The molecule has 13 heteroatoms. The summed E-state index contributed by atoms with van der Waals surface area (Å²) in [5.41, 5.74) is -0.0198. The molecule has 0 spiro atoms. The van der Waals surface area contributed by atoms with Crippen molar-refractivity contribution in [2.75, 3.05) is 10.6 Å². The molecule has 0 saturated carbocycles. The molecule has 3 aromatic heterocycles. The van der Waals surface area contributed by atoms with Crippen LogP contribution in [-0.4, -0.2) is 26.8 Å². The van der Waals surface area contributed by atoms with Gasteiger partial charge in [-0.3, -0.25) is 4.79 Å². The first-order valence-electron chi connectivity index (χ1n) is 8.43. The molecule has 0 fully saturated rings. The van der Waals surface area contributed by atoms with Crippen LogP contribution in [0.1, 0.15) is 34.8 Å². The smallest absolute Gasteiger partial charge is 0.410 e. The number of pyridine rings is 1. The van der Waals surface area contributed by atoms with Gasteiger partial charge < -0.3 is 15.1 Å². The Balaban J connectivity index is 1.71. The molecule has 0 aliphatic carbocycles. The summed E-state index contributed by atoms with van der Waals surface area (Å²) in [6.07, 6.45) is -3.51. The zero-order valence-corrected chi connectivity index (χ0v) is 18.6. The van der Waals surface area contributed by atoms with Gasteiger partial charge in [0.1, 0.15) is 11.6 Å². The minimum atomic E-state index is -4.59. The fourth-order valence-corrected chi connectivity index (χ4v) is 4.14. The number of rotatable bonds is 3. The molecule has 4 rings (SSSR count). The van der Waals surface area contributed by atoms with Gasteiger partial charge in [-0.15, -0.1) is 0 Å². The average molecular weight is 570 g/mol. The highest BCUT2D eigenvalue weighted by atomic mass is 79.9. The summed E-state index contributed by atoms with van der Waals surface area (Å²) in [5.74, 6) is -0.397. The number of nitrogens with zero attached hydrogens (tertiary/aromatic N) is 3. The maximum absolute atomic E-state index is 13.8. The third-order valence-corrected chi connectivity index (χ3v) is 5.93. The summed E-state index contributed by atoms with van der Waals surface area (Å²) in [6, 6.07) is 3.51.